The molecule has 1 aliphatic rings. The number of halogens is 1. The Morgan fingerprint density at radius 2 is 1.92 bits per heavy atom. The second-order valence-electron chi connectivity index (χ2n) is 7.10. The minimum Gasteiger partial charge on any atom is -0.341 e. The molecular weight excluding hydrogens is 356 g/mol. The van der Waals surface area contributed by atoms with E-state index in [2.05, 4.69) is 13.8 Å². The lowest BCUT2D eigenvalue weighted by Gasteiger charge is -2.35. The van der Waals surface area contributed by atoms with Gasteiger partial charge in [0.1, 0.15) is 0 Å². The number of likely N-dealkylation sites (tertiary alicyclic amines) is 1. The Kier molecular flexibility index (Phi) is 5.44. The van der Waals surface area contributed by atoms with E-state index in [0.29, 0.717) is 22.6 Å². The van der Waals surface area contributed by atoms with E-state index in [0.717, 1.165) is 28.9 Å². The first-order valence-corrected chi connectivity index (χ1v) is 9.91. The summed E-state index contributed by atoms with van der Waals surface area (Å²) in [6.07, 6.45) is 1.18. The fourth-order valence-electron chi connectivity index (χ4n) is 3.61. The number of carbonyl (C=O) groups excluding carboxylic acids is 1. The summed E-state index contributed by atoms with van der Waals surface area (Å²) in [5.41, 5.74) is 0.695. The van der Waals surface area contributed by atoms with Gasteiger partial charge in [0.15, 0.2) is 0 Å². The summed E-state index contributed by atoms with van der Waals surface area (Å²) in [5, 5.41) is 1.54. The molecule has 25 heavy (non-hydrogen) atoms. The van der Waals surface area contributed by atoms with Gasteiger partial charge in [0.25, 0.3) is 5.56 Å². The van der Waals surface area contributed by atoms with Gasteiger partial charge in [-0.15, -0.1) is 11.8 Å². The zero-order valence-corrected chi connectivity index (χ0v) is 16.4. The molecule has 4 nitrogen and oxygen atoms in total. The molecule has 0 bridgehead atoms. The van der Waals surface area contributed by atoms with Crippen LogP contribution < -0.4 is 5.56 Å². The van der Waals surface area contributed by atoms with Crippen molar-refractivity contribution in [1.82, 2.24) is 9.47 Å². The molecule has 0 N–H and O–H groups in total. The van der Waals surface area contributed by atoms with Crippen LogP contribution in [0.5, 0.6) is 0 Å². The predicted octanol–water partition coefficient (Wildman–Crippen LogP) is 3.79. The molecule has 2 heterocycles. The maximum Gasteiger partial charge on any atom is 0.251 e. The molecular formula is C19H23ClN2O2S. The third-order valence-corrected chi connectivity index (χ3v) is 6.02. The van der Waals surface area contributed by atoms with Crippen LogP contribution in [-0.2, 0) is 11.8 Å². The smallest absolute Gasteiger partial charge is 0.251 e. The standard InChI is InChI=1S/C19H23ClN2O2S/c1-12-6-13(2)10-22(9-12)19(24)11-25-17-8-18(23)21(3)16-7-14(20)4-5-15(16)17/h4-5,7-8,12-13H,6,9-11H2,1-3H3/t12-,13+. The first-order chi connectivity index (χ1) is 11.8. The zero-order valence-electron chi connectivity index (χ0n) is 14.8. The SMILES string of the molecule is C[C@@H]1C[C@H](C)CN(C(=O)CSc2cc(=O)n(C)c3cc(Cl)ccc23)C1. The number of pyridine rings is 1. The number of hydrogen-bond donors (Lipinski definition) is 0. The van der Waals surface area contributed by atoms with Crippen LogP contribution in [0.2, 0.25) is 5.02 Å². The van der Waals surface area contributed by atoms with Gasteiger partial charge in [-0.05, 0) is 30.4 Å². The second-order valence-corrected chi connectivity index (χ2v) is 8.55. The summed E-state index contributed by atoms with van der Waals surface area (Å²) in [5.74, 6) is 1.59. The van der Waals surface area contributed by atoms with Crippen LogP contribution in [0.3, 0.4) is 0 Å². The Morgan fingerprint density at radius 1 is 1.24 bits per heavy atom. The molecule has 2 aromatic rings. The highest BCUT2D eigenvalue weighted by molar-refractivity contribution is 8.00. The van der Waals surface area contributed by atoms with Crippen molar-refractivity contribution in [1.29, 1.82) is 0 Å². The van der Waals surface area contributed by atoms with Crippen molar-refractivity contribution in [3.05, 3.63) is 39.6 Å². The van der Waals surface area contributed by atoms with Crippen LogP contribution in [0, 0.1) is 11.8 Å². The Labute approximate surface area is 157 Å². The molecule has 1 aromatic carbocycles. The number of amides is 1. The molecule has 1 aromatic heterocycles. The van der Waals surface area contributed by atoms with Gasteiger partial charge in [-0.3, -0.25) is 9.59 Å². The summed E-state index contributed by atoms with van der Waals surface area (Å²) in [7, 11) is 1.73. The molecule has 0 saturated carbocycles. The fourth-order valence-corrected chi connectivity index (χ4v) is 4.75. The predicted molar refractivity (Wildman–Crippen MR) is 104 cm³/mol. The molecule has 6 heteroatoms. The third kappa shape index (κ3) is 4.04. The Bertz CT molecular complexity index is 854. The van der Waals surface area contributed by atoms with Crippen molar-refractivity contribution < 1.29 is 4.79 Å². The van der Waals surface area contributed by atoms with Crippen LogP contribution in [0.4, 0.5) is 0 Å². The van der Waals surface area contributed by atoms with E-state index < -0.39 is 0 Å². The van der Waals surface area contributed by atoms with Crippen molar-refractivity contribution in [2.24, 2.45) is 18.9 Å². The molecule has 3 rings (SSSR count). The van der Waals surface area contributed by atoms with E-state index in [1.165, 1.54) is 18.2 Å². The van der Waals surface area contributed by atoms with Crippen LogP contribution in [0.25, 0.3) is 10.9 Å². The molecule has 1 fully saturated rings. The van der Waals surface area contributed by atoms with Gasteiger partial charge in [-0.25, -0.2) is 0 Å². The minimum atomic E-state index is -0.0927. The van der Waals surface area contributed by atoms with E-state index in [1.54, 1.807) is 23.7 Å². The van der Waals surface area contributed by atoms with Gasteiger partial charge in [0.2, 0.25) is 5.91 Å². The lowest BCUT2D eigenvalue weighted by molar-refractivity contribution is -0.130. The number of nitrogens with zero attached hydrogens (tertiary/aromatic N) is 2. The lowest BCUT2D eigenvalue weighted by Crippen LogP contribution is -2.43. The largest absolute Gasteiger partial charge is 0.341 e. The van der Waals surface area contributed by atoms with Crippen LogP contribution in [-0.4, -0.2) is 34.2 Å². The molecule has 0 spiro atoms. The number of hydrogen-bond acceptors (Lipinski definition) is 3. The average Bonchev–Trinajstić information content (AvgIpc) is 2.55. The van der Waals surface area contributed by atoms with E-state index in [1.807, 2.05) is 17.0 Å². The first kappa shape index (κ1) is 18.3. The Morgan fingerprint density at radius 3 is 2.60 bits per heavy atom. The van der Waals surface area contributed by atoms with Gasteiger partial charge in [-0.2, -0.15) is 0 Å². The average molecular weight is 379 g/mol. The quantitative estimate of drug-likeness (QED) is 0.763. The highest BCUT2D eigenvalue weighted by Gasteiger charge is 2.25. The summed E-state index contributed by atoms with van der Waals surface area (Å²) in [6.45, 7) is 6.05. The van der Waals surface area contributed by atoms with Gasteiger partial charge in [0, 0.05) is 41.5 Å². The second kappa shape index (κ2) is 7.42. The van der Waals surface area contributed by atoms with E-state index in [-0.39, 0.29) is 11.5 Å². The fraction of sp³-hybridized carbons (Fsp3) is 0.474. The van der Waals surface area contributed by atoms with Gasteiger partial charge in [0.05, 0.1) is 11.3 Å². The van der Waals surface area contributed by atoms with Crippen molar-refractivity contribution in [3.8, 4) is 0 Å². The highest BCUT2D eigenvalue weighted by Crippen LogP contribution is 2.29. The monoisotopic (exact) mass is 378 g/mol. The number of aryl methyl sites for hydroxylation is 1. The molecule has 1 aliphatic heterocycles. The van der Waals surface area contributed by atoms with Crippen molar-refractivity contribution in [3.63, 3.8) is 0 Å². The molecule has 1 saturated heterocycles. The van der Waals surface area contributed by atoms with Gasteiger partial charge in [-0.1, -0.05) is 31.5 Å². The van der Waals surface area contributed by atoms with Crippen molar-refractivity contribution in [2.75, 3.05) is 18.8 Å². The number of fused-ring (bicyclic) bond motifs is 1. The molecule has 0 unspecified atom stereocenters. The normalized spacial score (nSPS) is 20.9. The summed E-state index contributed by atoms with van der Waals surface area (Å²) in [6, 6.07) is 7.12. The summed E-state index contributed by atoms with van der Waals surface area (Å²) < 4.78 is 1.58. The maximum atomic E-state index is 12.6. The number of benzene rings is 1. The molecule has 134 valence electrons. The molecule has 0 aliphatic carbocycles. The van der Waals surface area contributed by atoms with Crippen LogP contribution in [0.15, 0.2) is 34.0 Å². The maximum absolute atomic E-state index is 12.6. The number of thioether (sulfide) groups is 1. The van der Waals surface area contributed by atoms with E-state index in [9.17, 15) is 9.59 Å². The van der Waals surface area contributed by atoms with E-state index >= 15 is 0 Å². The van der Waals surface area contributed by atoms with Crippen molar-refractivity contribution >= 4 is 40.2 Å². The number of carbonyl (C=O) groups is 1. The van der Waals surface area contributed by atoms with E-state index in [4.69, 9.17) is 11.6 Å². The highest BCUT2D eigenvalue weighted by atomic mass is 35.5. The Balaban J connectivity index is 1.80. The van der Waals surface area contributed by atoms with Crippen molar-refractivity contribution in [2.45, 2.75) is 25.2 Å². The van der Waals surface area contributed by atoms with Crippen LogP contribution >= 0.6 is 23.4 Å². The topological polar surface area (TPSA) is 42.3 Å². The number of aromatic nitrogens is 1. The van der Waals surface area contributed by atoms with Gasteiger partial charge >= 0.3 is 0 Å². The Hall–Kier alpha value is -1.46. The number of rotatable bonds is 3. The first-order valence-electron chi connectivity index (χ1n) is 8.55. The zero-order chi connectivity index (χ0) is 18.1. The molecule has 2 atom stereocenters. The lowest BCUT2D eigenvalue weighted by atomic mass is 9.92. The van der Waals surface area contributed by atoms with Crippen LogP contribution in [0.1, 0.15) is 20.3 Å². The minimum absolute atomic E-state index is 0.0927. The van der Waals surface area contributed by atoms with Gasteiger partial charge < -0.3 is 9.47 Å². The number of piperidine rings is 1. The molecule has 0 radical (unpaired) electrons. The molecule has 1 amide bonds. The summed E-state index contributed by atoms with van der Waals surface area (Å²) in [4.78, 5) is 27.6. The third-order valence-electron chi connectivity index (χ3n) is 4.74. The summed E-state index contributed by atoms with van der Waals surface area (Å²) >= 11 is 7.50.